The first kappa shape index (κ1) is 18.2. The summed E-state index contributed by atoms with van der Waals surface area (Å²) < 4.78 is 4.93. The van der Waals surface area contributed by atoms with E-state index in [1.165, 1.54) is 11.3 Å². The second-order valence-corrected chi connectivity index (χ2v) is 6.91. The normalized spacial score (nSPS) is 13.2. The highest BCUT2D eigenvalue weighted by Crippen LogP contribution is 2.26. The number of anilines is 2. The molecule has 1 aliphatic heterocycles. The predicted octanol–water partition coefficient (Wildman–Crippen LogP) is 1.69. The smallest absolute Gasteiger partial charge is 0.317 e. The predicted molar refractivity (Wildman–Crippen MR) is 100 cm³/mol. The number of benzene rings is 1. The first-order valence-electron chi connectivity index (χ1n) is 8.24. The van der Waals surface area contributed by atoms with E-state index >= 15 is 0 Å². The Balaban J connectivity index is 1.64. The minimum Gasteiger partial charge on any atom is -0.397 e. The summed E-state index contributed by atoms with van der Waals surface area (Å²) in [6.45, 7) is 1.96. The van der Waals surface area contributed by atoms with Gasteiger partial charge in [0.2, 0.25) is 0 Å². The average molecular weight is 375 g/mol. The van der Waals surface area contributed by atoms with Crippen molar-refractivity contribution in [3.63, 3.8) is 0 Å². The SMILES string of the molecule is COCCNC(=O)N1CCc2nc(C(=O)Nc3ccccc3N)sc2C1. The van der Waals surface area contributed by atoms with Gasteiger partial charge in [-0.05, 0) is 12.1 Å². The van der Waals surface area contributed by atoms with Gasteiger partial charge in [-0.3, -0.25) is 4.79 Å². The van der Waals surface area contributed by atoms with Crippen LogP contribution in [0.15, 0.2) is 24.3 Å². The van der Waals surface area contributed by atoms with Crippen molar-refractivity contribution in [2.45, 2.75) is 13.0 Å². The van der Waals surface area contributed by atoms with Gasteiger partial charge in [0.25, 0.3) is 5.91 Å². The third-order valence-electron chi connectivity index (χ3n) is 4.00. The number of thiazole rings is 1. The van der Waals surface area contributed by atoms with Gasteiger partial charge in [0, 0.05) is 31.5 Å². The van der Waals surface area contributed by atoms with Crippen LogP contribution in [0.2, 0.25) is 0 Å². The number of nitrogens with zero attached hydrogens (tertiary/aromatic N) is 2. The van der Waals surface area contributed by atoms with E-state index < -0.39 is 0 Å². The number of amides is 3. The first-order chi connectivity index (χ1) is 12.6. The van der Waals surface area contributed by atoms with Gasteiger partial charge < -0.3 is 26.0 Å². The molecule has 1 aliphatic rings. The second kappa shape index (κ2) is 8.15. The van der Waals surface area contributed by atoms with Crippen LogP contribution in [0, 0.1) is 0 Å². The number of carbonyl (C=O) groups excluding carboxylic acids is 2. The molecule has 0 aliphatic carbocycles. The maximum Gasteiger partial charge on any atom is 0.317 e. The van der Waals surface area contributed by atoms with Gasteiger partial charge in [0.15, 0.2) is 5.01 Å². The van der Waals surface area contributed by atoms with Crippen LogP contribution >= 0.6 is 11.3 Å². The molecule has 3 rings (SSSR count). The Hall–Kier alpha value is -2.65. The van der Waals surface area contributed by atoms with Crippen LogP contribution in [0.25, 0.3) is 0 Å². The molecule has 4 N–H and O–H groups in total. The maximum atomic E-state index is 12.4. The summed E-state index contributed by atoms with van der Waals surface area (Å²) in [5.41, 5.74) is 7.79. The monoisotopic (exact) mass is 375 g/mol. The Labute approximate surface area is 155 Å². The molecule has 0 atom stereocenters. The molecule has 26 heavy (non-hydrogen) atoms. The number of hydrogen-bond acceptors (Lipinski definition) is 6. The summed E-state index contributed by atoms with van der Waals surface area (Å²) in [7, 11) is 1.59. The fraction of sp³-hybridized carbons (Fsp3) is 0.353. The topological polar surface area (TPSA) is 110 Å². The van der Waals surface area contributed by atoms with Crippen LogP contribution in [0.3, 0.4) is 0 Å². The molecule has 0 saturated carbocycles. The molecule has 0 fully saturated rings. The van der Waals surface area contributed by atoms with Crippen molar-refractivity contribution in [2.24, 2.45) is 0 Å². The Kier molecular flexibility index (Phi) is 5.69. The van der Waals surface area contributed by atoms with E-state index in [1.54, 1.807) is 36.3 Å². The molecule has 2 heterocycles. The highest BCUT2D eigenvalue weighted by Gasteiger charge is 2.25. The maximum absolute atomic E-state index is 12.4. The summed E-state index contributed by atoms with van der Waals surface area (Å²) in [6, 6.07) is 6.94. The third kappa shape index (κ3) is 4.12. The standard InChI is InChI=1S/C17H21N5O3S/c1-25-9-7-19-17(24)22-8-6-13-14(10-22)26-16(21-13)15(23)20-12-5-3-2-4-11(12)18/h2-5H,6-10,18H2,1H3,(H,19,24)(H,20,23). The van der Waals surface area contributed by atoms with Gasteiger partial charge in [-0.1, -0.05) is 12.1 Å². The highest BCUT2D eigenvalue weighted by atomic mass is 32.1. The second-order valence-electron chi connectivity index (χ2n) is 5.83. The lowest BCUT2D eigenvalue weighted by Gasteiger charge is -2.26. The molecule has 0 bridgehead atoms. The van der Waals surface area contributed by atoms with Gasteiger partial charge in [0.05, 0.1) is 30.2 Å². The van der Waals surface area contributed by atoms with E-state index in [9.17, 15) is 9.59 Å². The van der Waals surface area contributed by atoms with Crippen LogP contribution in [0.4, 0.5) is 16.2 Å². The van der Waals surface area contributed by atoms with Crippen LogP contribution < -0.4 is 16.4 Å². The summed E-state index contributed by atoms with van der Waals surface area (Å²) in [5.74, 6) is -0.293. The van der Waals surface area contributed by atoms with Crippen molar-refractivity contribution in [2.75, 3.05) is 37.9 Å². The molecular weight excluding hydrogens is 354 g/mol. The lowest BCUT2D eigenvalue weighted by atomic mass is 10.2. The average Bonchev–Trinajstić information content (AvgIpc) is 3.07. The molecular formula is C17H21N5O3S. The summed E-state index contributed by atoms with van der Waals surface area (Å²) in [4.78, 5) is 31.7. The van der Waals surface area contributed by atoms with Gasteiger partial charge in [-0.25, -0.2) is 9.78 Å². The Bertz CT molecular complexity index is 807. The van der Waals surface area contributed by atoms with Crippen LogP contribution in [0.5, 0.6) is 0 Å². The van der Waals surface area contributed by atoms with Gasteiger partial charge in [-0.2, -0.15) is 0 Å². The number of aromatic nitrogens is 1. The van der Waals surface area contributed by atoms with Crippen molar-refractivity contribution in [3.8, 4) is 0 Å². The number of para-hydroxylation sites is 2. The molecule has 1 aromatic heterocycles. The number of fused-ring (bicyclic) bond motifs is 1. The zero-order valence-electron chi connectivity index (χ0n) is 14.4. The number of nitrogen functional groups attached to an aromatic ring is 1. The largest absolute Gasteiger partial charge is 0.397 e. The van der Waals surface area contributed by atoms with E-state index in [4.69, 9.17) is 10.5 Å². The fourth-order valence-corrected chi connectivity index (χ4v) is 3.64. The Morgan fingerprint density at radius 1 is 1.38 bits per heavy atom. The number of hydrogen-bond donors (Lipinski definition) is 3. The molecule has 9 heteroatoms. The lowest BCUT2D eigenvalue weighted by molar-refractivity contribution is 0.102. The van der Waals surface area contributed by atoms with Crippen molar-refractivity contribution in [1.82, 2.24) is 15.2 Å². The van der Waals surface area contributed by atoms with Crippen molar-refractivity contribution in [1.29, 1.82) is 0 Å². The number of rotatable bonds is 5. The zero-order chi connectivity index (χ0) is 18.5. The molecule has 0 radical (unpaired) electrons. The number of methoxy groups -OCH3 is 1. The fourth-order valence-electron chi connectivity index (χ4n) is 2.62. The van der Waals surface area contributed by atoms with E-state index in [2.05, 4.69) is 15.6 Å². The van der Waals surface area contributed by atoms with Crippen molar-refractivity contribution < 1.29 is 14.3 Å². The lowest BCUT2D eigenvalue weighted by Crippen LogP contribution is -2.43. The van der Waals surface area contributed by atoms with Crippen molar-refractivity contribution >= 4 is 34.6 Å². The molecule has 3 amide bonds. The first-order valence-corrected chi connectivity index (χ1v) is 9.06. The summed E-state index contributed by atoms with van der Waals surface area (Å²) in [6.07, 6.45) is 0.629. The minimum absolute atomic E-state index is 0.135. The zero-order valence-corrected chi connectivity index (χ0v) is 15.3. The van der Waals surface area contributed by atoms with Crippen molar-refractivity contribution in [3.05, 3.63) is 39.8 Å². The molecule has 1 aromatic carbocycles. The molecule has 8 nitrogen and oxygen atoms in total. The number of nitrogens with one attached hydrogen (secondary N) is 2. The van der Waals surface area contributed by atoms with Crippen LogP contribution in [-0.4, -0.2) is 48.6 Å². The number of ether oxygens (including phenoxy) is 1. The Morgan fingerprint density at radius 2 is 2.19 bits per heavy atom. The summed E-state index contributed by atoms with van der Waals surface area (Å²) >= 11 is 1.31. The molecule has 138 valence electrons. The number of carbonyl (C=O) groups is 2. The molecule has 0 saturated heterocycles. The van der Waals surface area contributed by atoms with Gasteiger partial charge >= 0.3 is 6.03 Å². The third-order valence-corrected chi connectivity index (χ3v) is 5.09. The quantitative estimate of drug-likeness (QED) is 0.544. The van der Waals surface area contributed by atoms with Gasteiger partial charge in [0.1, 0.15) is 0 Å². The highest BCUT2D eigenvalue weighted by molar-refractivity contribution is 7.13. The van der Waals surface area contributed by atoms with Gasteiger partial charge in [-0.15, -0.1) is 11.3 Å². The van der Waals surface area contributed by atoms with E-state index in [0.717, 1.165) is 10.6 Å². The number of nitrogens with two attached hydrogens (primary N) is 1. The minimum atomic E-state index is -0.293. The Morgan fingerprint density at radius 3 is 2.96 bits per heavy atom. The molecule has 2 aromatic rings. The van der Waals surface area contributed by atoms with E-state index in [0.29, 0.717) is 49.0 Å². The van der Waals surface area contributed by atoms with E-state index in [1.807, 2.05) is 0 Å². The van der Waals surface area contributed by atoms with Crippen LogP contribution in [-0.2, 0) is 17.7 Å². The molecule has 0 unspecified atom stereocenters. The number of urea groups is 1. The van der Waals surface area contributed by atoms with Crippen LogP contribution in [0.1, 0.15) is 20.4 Å². The van der Waals surface area contributed by atoms with E-state index in [-0.39, 0.29) is 11.9 Å². The molecule has 0 spiro atoms. The summed E-state index contributed by atoms with van der Waals surface area (Å²) in [5, 5.41) is 5.96.